The number of para-hydroxylation sites is 1. The lowest BCUT2D eigenvalue weighted by molar-refractivity contribution is -0.141. The first kappa shape index (κ1) is 17.5. The number of methoxy groups -OCH3 is 1. The number of aromatic nitrogens is 1. The van der Waals surface area contributed by atoms with Gasteiger partial charge in [0.05, 0.1) is 12.6 Å². The fourth-order valence-corrected chi connectivity index (χ4v) is 2.91. The van der Waals surface area contributed by atoms with Gasteiger partial charge in [0.1, 0.15) is 6.54 Å². The van der Waals surface area contributed by atoms with E-state index in [4.69, 9.17) is 9.47 Å². The number of rotatable bonds is 4. The molecule has 9 heteroatoms. The number of carbonyl (C=O) groups is 2. The van der Waals surface area contributed by atoms with E-state index in [0.717, 1.165) is 0 Å². The molecule has 0 unspecified atom stereocenters. The van der Waals surface area contributed by atoms with Crippen LogP contribution in [0.2, 0.25) is 0 Å². The number of azo groups is 1. The van der Waals surface area contributed by atoms with Crippen LogP contribution in [-0.2, 0) is 16.1 Å². The minimum absolute atomic E-state index is 0.0913. The van der Waals surface area contributed by atoms with Gasteiger partial charge in [0, 0.05) is 10.9 Å². The number of ether oxygens (including phenoxy) is 3. The number of carbonyl (C=O) groups excluding carboxylic acids is 2. The quantitative estimate of drug-likeness (QED) is 0.549. The maximum Gasteiger partial charge on any atom is 0.325 e. The summed E-state index contributed by atoms with van der Waals surface area (Å²) in [4.78, 5) is 24.0. The Morgan fingerprint density at radius 3 is 2.79 bits per heavy atom. The van der Waals surface area contributed by atoms with Crippen molar-refractivity contribution in [2.75, 3.05) is 13.9 Å². The van der Waals surface area contributed by atoms with Gasteiger partial charge in [-0.15, -0.1) is 10.2 Å². The van der Waals surface area contributed by atoms with Crippen LogP contribution < -0.4 is 9.47 Å². The normalized spacial score (nSPS) is 12.6. The van der Waals surface area contributed by atoms with E-state index in [1.165, 1.54) is 17.7 Å². The van der Waals surface area contributed by atoms with Crippen LogP contribution in [-0.4, -0.2) is 35.5 Å². The van der Waals surface area contributed by atoms with Gasteiger partial charge in [-0.2, -0.15) is 0 Å². The topological polar surface area (TPSA) is 112 Å². The number of hydrogen-bond donors (Lipinski definition) is 1. The number of amides is 1. The minimum atomic E-state index is -0.609. The summed E-state index contributed by atoms with van der Waals surface area (Å²) < 4.78 is 16.5. The maximum atomic E-state index is 12.4. The van der Waals surface area contributed by atoms with E-state index in [0.29, 0.717) is 22.4 Å². The number of benzene rings is 2. The summed E-state index contributed by atoms with van der Waals surface area (Å²) in [6, 6.07) is 11.6. The lowest BCUT2D eigenvalue weighted by Crippen LogP contribution is -2.10. The SMILES string of the molecule is COC(=O)Cn1c(O)c(N=NC(=O)c2ccc3c(c2)OCO3)c2ccccc21. The molecule has 0 aliphatic carbocycles. The summed E-state index contributed by atoms with van der Waals surface area (Å²) in [5.74, 6) is -0.414. The van der Waals surface area contributed by atoms with Crippen molar-refractivity contribution >= 4 is 28.5 Å². The second-order valence-electron chi connectivity index (χ2n) is 5.92. The van der Waals surface area contributed by atoms with Crippen LogP contribution in [0.15, 0.2) is 52.7 Å². The molecule has 2 aromatic carbocycles. The van der Waals surface area contributed by atoms with Crippen molar-refractivity contribution in [3.8, 4) is 17.4 Å². The second-order valence-corrected chi connectivity index (χ2v) is 5.92. The molecule has 28 heavy (non-hydrogen) atoms. The summed E-state index contributed by atoms with van der Waals surface area (Å²) >= 11 is 0. The molecule has 1 aromatic heterocycles. The molecule has 1 aliphatic rings. The van der Waals surface area contributed by atoms with Crippen LogP contribution in [0.1, 0.15) is 10.4 Å². The van der Waals surface area contributed by atoms with E-state index in [2.05, 4.69) is 15.0 Å². The van der Waals surface area contributed by atoms with E-state index >= 15 is 0 Å². The molecule has 9 nitrogen and oxygen atoms in total. The van der Waals surface area contributed by atoms with Gasteiger partial charge in [0.2, 0.25) is 12.7 Å². The average molecular weight is 381 g/mol. The second kappa shape index (κ2) is 7.03. The summed E-state index contributed by atoms with van der Waals surface area (Å²) in [5, 5.41) is 18.7. The first-order valence-electron chi connectivity index (χ1n) is 8.31. The molecule has 0 saturated carbocycles. The number of hydrogen-bond acceptors (Lipinski definition) is 7. The Balaban J connectivity index is 1.68. The fraction of sp³-hybridized carbons (Fsp3) is 0.158. The highest BCUT2D eigenvalue weighted by atomic mass is 16.7. The van der Waals surface area contributed by atoms with Gasteiger partial charge in [0.25, 0.3) is 5.91 Å². The van der Waals surface area contributed by atoms with E-state index < -0.39 is 11.9 Å². The molecule has 1 aliphatic heterocycles. The molecule has 0 spiro atoms. The molecule has 1 amide bonds. The van der Waals surface area contributed by atoms with E-state index in [9.17, 15) is 14.7 Å². The smallest absolute Gasteiger partial charge is 0.325 e. The zero-order valence-corrected chi connectivity index (χ0v) is 14.8. The number of fused-ring (bicyclic) bond motifs is 2. The predicted molar refractivity (Wildman–Crippen MR) is 97.0 cm³/mol. The lowest BCUT2D eigenvalue weighted by Gasteiger charge is -2.04. The molecule has 4 rings (SSSR count). The molecule has 142 valence electrons. The molecule has 3 aromatic rings. The highest BCUT2D eigenvalue weighted by Crippen LogP contribution is 2.39. The van der Waals surface area contributed by atoms with Crippen molar-refractivity contribution < 1.29 is 28.9 Å². The van der Waals surface area contributed by atoms with Crippen molar-refractivity contribution in [3.05, 3.63) is 48.0 Å². The van der Waals surface area contributed by atoms with Crippen LogP contribution in [0.5, 0.6) is 17.4 Å². The Morgan fingerprint density at radius 1 is 1.18 bits per heavy atom. The van der Waals surface area contributed by atoms with Crippen LogP contribution in [0, 0.1) is 0 Å². The first-order chi connectivity index (χ1) is 13.6. The van der Waals surface area contributed by atoms with Crippen LogP contribution in [0.25, 0.3) is 10.9 Å². The minimum Gasteiger partial charge on any atom is -0.493 e. The van der Waals surface area contributed by atoms with Gasteiger partial charge in [-0.1, -0.05) is 18.2 Å². The Bertz CT molecular complexity index is 1120. The third-order valence-corrected chi connectivity index (χ3v) is 4.29. The Kier molecular flexibility index (Phi) is 4.40. The van der Waals surface area contributed by atoms with Crippen LogP contribution >= 0.6 is 0 Å². The zero-order chi connectivity index (χ0) is 19.7. The molecule has 0 fully saturated rings. The number of nitrogens with zero attached hydrogens (tertiary/aromatic N) is 3. The predicted octanol–water partition coefficient (Wildman–Crippen LogP) is 3.17. The average Bonchev–Trinajstić information content (AvgIpc) is 3.29. The summed E-state index contributed by atoms with van der Waals surface area (Å²) in [7, 11) is 1.26. The Labute approximate surface area is 158 Å². The van der Waals surface area contributed by atoms with Gasteiger partial charge < -0.3 is 19.3 Å². The number of esters is 1. The highest BCUT2D eigenvalue weighted by molar-refractivity contribution is 5.98. The van der Waals surface area contributed by atoms with Gasteiger partial charge >= 0.3 is 5.97 Å². The van der Waals surface area contributed by atoms with Gasteiger partial charge in [-0.3, -0.25) is 14.2 Å². The van der Waals surface area contributed by atoms with Crippen molar-refractivity contribution in [1.29, 1.82) is 0 Å². The van der Waals surface area contributed by atoms with E-state index in [1.54, 1.807) is 36.4 Å². The summed E-state index contributed by atoms with van der Waals surface area (Å²) in [5.41, 5.74) is 0.925. The fourth-order valence-electron chi connectivity index (χ4n) is 2.91. The molecular weight excluding hydrogens is 366 g/mol. The van der Waals surface area contributed by atoms with Crippen molar-refractivity contribution in [1.82, 2.24) is 4.57 Å². The van der Waals surface area contributed by atoms with Gasteiger partial charge in [-0.05, 0) is 24.3 Å². The zero-order valence-electron chi connectivity index (χ0n) is 14.8. The summed E-state index contributed by atoms with van der Waals surface area (Å²) in [6.07, 6.45) is 0. The van der Waals surface area contributed by atoms with Crippen molar-refractivity contribution in [3.63, 3.8) is 0 Å². The van der Waals surface area contributed by atoms with E-state index in [1.807, 2.05) is 0 Å². The maximum absolute atomic E-state index is 12.4. The largest absolute Gasteiger partial charge is 0.493 e. The standard InChI is InChI=1S/C19H15N3O6/c1-26-16(23)9-22-13-5-3-2-4-12(13)17(19(22)25)20-21-18(24)11-6-7-14-15(8-11)28-10-27-14/h2-8,25H,9-10H2,1H3. The monoisotopic (exact) mass is 381 g/mol. The molecule has 2 heterocycles. The first-order valence-corrected chi connectivity index (χ1v) is 8.31. The third kappa shape index (κ3) is 3.02. The molecular formula is C19H15N3O6. The van der Waals surface area contributed by atoms with Gasteiger partial charge in [-0.25, -0.2) is 0 Å². The lowest BCUT2D eigenvalue weighted by atomic mass is 10.2. The highest BCUT2D eigenvalue weighted by Gasteiger charge is 2.20. The van der Waals surface area contributed by atoms with Gasteiger partial charge in [0.15, 0.2) is 17.2 Å². The van der Waals surface area contributed by atoms with Crippen LogP contribution in [0.4, 0.5) is 5.69 Å². The molecule has 0 bridgehead atoms. The number of aromatic hydroxyl groups is 1. The Hall–Kier alpha value is -3.88. The van der Waals surface area contributed by atoms with Crippen molar-refractivity contribution in [2.45, 2.75) is 6.54 Å². The molecule has 0 radical (unpaired) electrons. The molecule has 0 atom stereocenters. The van der Waals surface area contributed by atoms with E-state index in [-0.39, 0.29) is 30.5 Å². The van der Waals surface area contributed by atoms with Crippen LogP contribution in [0.3, 0.4) is 0 Å². The molecule has 0 saturated heterocycles. The molecule has 1 N–H and O–H groups in total. The Morgan fingerprint density at radius 2 is 1.96 bits per heavy atom. The summed E-state index contributed by atoms with van der Waals surface area (Å²) in [6.45, 7) is -0.101. The third-order valence-electron chi connectivity index (χ3n) is 4.29. The van der Waals surface area contributed by atoms with Crippen molar-refractivity contribution in [2.24, 2.45) is 10.2 Å².